The zero-order chi connectivity index (χ0) is 30.5. The lowest BCUT2D eigenvalue weighted by Gasteiger charge is -2.27. The predicted octanol–water partition coefficient (Wildman–Crippen LogP) is 6.69. The fourth-order valence-electron chi connectivity index (χ4n) is 4.95. The molecule has 0 saturated heterocycles. The van der Waals surface area contributed by atoms with Crippen molar-refractivity contribution in [3.63, 3.8) is 0 Å². The molecule has 2 heterocycles. The average Bonchev–Trinajstić information content (AvgIpc) is 3.31. The summed E-state index contributed by atoms with van der Waals surface area (Å²) in [5.74, 6) is 0.706. The van der Waals surface area contributed by atoms with Gasteiger partial charge >= 0.3 is 5.97 Å². The van der Waals surface area contributed by atoms with Gasteiger partial charge in [0, 0.05) is 20.1 Å². The second-order valence-corrected chi connectivity index (χ2v) is 12.6. The summed E-state index contributed by atoms with van der Waals surface area (Å²) in [6.45, 7) is 4.37. The number of fused-ring (bicyclic) bond motifs is 1. The van der Waals surface area contributed by atoms with Crippen molar-refractivity contribution in [1.82, 2.24) is 4.57 Å². The molecule has 0 unspecified atom stereocenters. The summed E-state index contributed by atoms with van der Waals surface area (Å²) in [6, 6.07) is 20.3. The SMILES string of the molecule is CCCC1=C(C(=O)OCC)[C@H](c2cc(Br)ccc2OC)n2c(s/c(=C/c3ccccc3OCc3ccc(Br)cc3)c2=O)=N1. The summed E-state index contributed by atoms with van der Waals surface area (Å²) in [5.41, 5.74) is 3.14. The summed E-state index contributed by atoms with van der Waals surface area (Å²) in [7, 11) is 1.57. The van der Waals surface area contributed by atoms with Crippen LogP contribution >= 0.6 is 43.2 Å². The summed E-state index contributed by atoms with van der Waals surface area (Å²) < 4.78 is 21.2. The molecule has 0 amide bonds. The first-order valence-corrected chi connectivity index (χ1v) is 16.3. The maximum Gasteiger partial charge on any atom is 0.338 e. The van der Waals surface area contributed by atoms with Gasteiger partial charge in [0.25, 0.3) is 5.56 Å². The molecular formula is C33H30Br2N2O5S. The molecule has 1 aliphatic heterocycles. The van der Waals surface area contributed by atoms with Crippen LogP contribution in [0.25, 0.3) is 6.08 Å². The van der Waals surface area contributed by atoms with Crippen LogP contribution in [0.1, 0.15) is 49.4 Å². The molecule has 10 heteroatoms. The fraction of sp³-hybridized carbons (Fsp3) is 0.242. The highest BCUT2D eigenvalue weighted by Crippen LogP contribution is 2.38. The lowest BCUT2D eigenvalue weighted by molar-refractivity contribution is -0.139. The molecule has 5 rings (SSSR count). The van der Waals surface area contributed by atoms with Crippen LogP contribution in [0.2, 0.25) is 0 Å². The Hall–Kier alpha value is -3.47. The summed E-state index contributed by atoms with van der Waals surface area (Å²) in [4.78, 5) is 33.1. The maximum atomic E-state index is 14.2. The van der Waals surface area contributed by atoms with E-state index in [1.54, 1.807) is 18.6 Å². The van der Waals surface area contributed by atoms with E-state index in [9.17, 15) is 9.59 Å². The van der Waals surface area contributed by atoms with Crippen molar-refractivity contribution in [3.05, 3.63) is 123 Å². The van der Waals surface area contributed by atoms with Crippen LogP contribution in [0.3, 0.4) is 0 Å². The minimum Gasteiger partial charge on any atom is -0.496 e. The van der Waals surface area contributed by atoms with E-state index in [0.29, 0.717) is 50.7 Å². The van der Waals surface area contributed by atoms with Crippen LogP contribution < -0.4 is 24.4 Å². The van der Waals surface area contributed by atoms with E-state index < -0.39 is 12.0 Å². The minimum atomic E-state index is -0.782. The number of allylic oxidation sites excluding steroid dienone is 1. The van der Waals surface area contributed by atoms with Gasteiger partial charge in [-0.2, -0.15) is 0 Å². The Bertz CT molecular complexity index is 1860. The number of rotatable bonds is 10. The van der Waals surface area contributed by atoms with Crippen molar-refractivity contribution in [2.24, 2.45) is 4.99 Å². The molecule has 4 aromatic rings. The minimum absolute atomic E-state index is 0.200. The largest absolute Gasteiger partial charge is 0.496 e. The molecule has 222 valence electrons. The van der Waals surface area contributed by atoms with Gasteiger partial charge in [-0.25, -0.2) is 9.79 Å². The third-order valence-electron chi connectivity index (χ3n) is 6.89. The number of methoxy groups -OCH3 is 1. The number of aromatic nitrogens is 1. The highest BCUT2D eigenvalue weighted by atomic mass is 79.9. The second-order valence-electron chi connectivity index (χ2n) is 9.75. The molecule has 7 nitrogen and oxygen atoms in total. The maximum absolute atomic E-state index is 14.2. The number of ether oxygens (including phenoxy) is 3. The molecule has 0 saturated carbocycles. The van der Waals surface area contributed by atoms with E-state index in [2.05, 4.69) is 31.9 Å². The first kappa shape index (κ1) is 31.0. The van der Waals surface area contributed by atoms with E-state index in [0.717, 1.165) is 26.5 Å². The van der Waals surface area contributed by atoms with E-state index in [-0.39, 0.29) is 12.2 Å². The number of thiazole rings is 1. The molecular weight excluding hydrogens is 696 g/mol. The highest BCUT2D eigenvalue weighted by Gasteiger charge is 2.36. The number of halogens is 2. The molecule has 43 heavy (non-hydrogen) atoms. The molecule has 3 aromatic carbocycles. The molecule has 1 aromatic heterocycles. The highest BCUT2D eigenvalue weighted by molar-refractivity contribution is 9.10. The van der Waals surface area contributed by atoms with Gasteiger partial charge in [0.05, 0.1) is 29.5 Å². The van der Waals surface area contributed by atoms with Gasteiger partial charge in [0.15, 0.2) is 4.80 Å². The lowest BCUT2D eigenvalue weighted by atomic mass is 9.93. The average molecular weight is 726 g/mol. The Morgan fingerprint density at radius 2 is 1.77 bits per heavy atom. The molecule has 0 aliphatic carbocycles. The number of para-hydroxylation sites is 1. The third kappa shape index (κ3) is 6.71. The molecule has 0 spiro atoms. The Morgan fingerprint density at radius 1 is 1.02 bits per heavy atom. The molecule has 1 atom stereocenters. The quantitative estimate of drug-likeness (QED) is 0.170. The molecule has 0 fully saturated rings. The zero-order valence-corrected chi connectivity index (χ0v) is 27.9. The Kier molecular flexibility index (Phi) is 10.00. The smallest absolute Gasteiger partial charge is 0.338 e. The molecule has 0 bridgehead atoms. The van der Waals surface area contributed by atoms with E-state index in [1.165, 1.54) is 11.3 Å². The molecule has 0 radical (unpaired) electrons. The predicted molar refractivity (Wildman–Crippen MR) is 175 cm³/mol. The number of esters is 1. The number of benzene rings is 3. The van der Waals surface area contributed by atoms with Gasteiger partial charge in [-0.15, -0.1) is 0 Å². The second kappa shape index (κ2) is 13.9. The number of hydrogen-bond donors (Lipinski definition) is 0. The van der Waals surface area contributed by atoms with Crippen LogP contribution in [0, 0.1) is 0 Å². The molecule has 1 aliphatic rings. The van der Waals surface area contributed by atoms with Gasteiger partial charge in [0.2, 0.25) is 0 Å². The van der Waals surface area contributed by atoms with Gasteiger partial charge in [-0.3, -0.25) is 9.36 Å². The van der Waals surface area contributed by atoms with E-state index in [4.69, 9.17) is 19.2 Å². The monoisotopic (exact) mass is 724 g/mol. The number of hydrogen-bond acceptors (Lipinski definition) is 7. The van der Waals surface area contributed by atoms with Crippen molar-refractivity contribution in [1.29, 1.82) is 0 Å². The van der Waals surface area contributed by atoms with Crippen LogP contribution in [-0.4, -0.2) is 24.3 Å². The van der Waals surface area contributed by atoms with Crippen molar-refractivity contribution in [2.75, 3.05) is 13.7 Å². The molecule has 0 N–H and O–H groups in total. The van der Waals surface area contributed by atoms with Crippen molar-refractivity contribution < 1.29 is 19.0 Å². The van der Waals surface area contributed by atoms with Gasteiger partial charge < -0.3 is 14.2 Å². The van der Waals surface area contributed by atoms with Gasteiger partial charge in [-0.1, -0.05) is 86.9 Å². The fourth-order valence-corrected chi connectivity index (χ4v) is 6.60. The summed E-state index contributed by atoms with van der Waals surface area (Å²) in [5, 5.41) is 0. The Balaban J connectivity index is 1.67. The van der Waals surface area contributed by atoms with E-state index in [1.807, 2.05) is 79.7 Å². The van der Waals surface area contributed by atoms with Gasteiger partial charge in [0.1, 0.15) is 24.1 Å². The van der Waals surface area contributed by atoms with Crippen molar-refractivity contribution in [2.45, 2.75) is 39.3 Å². The summed E-state index contributed by atoms with van der Waals surface area (Å²) >= 11 is 8.30. The van der Waals surface area contributed by atoms with E-state index >= 15 is 0 Å². The zero-order valence-electron chi connectivity index (χ0n) is 23.9. The van der Waals surface area contributed by atoms with Crippen molar-refractivity contribution >= 4 is 55.2 Å². The number of nitrogens with zero attached hydrogens (tertiary/aromatic N) is 2. The normalized spacial score (nSPS) is 14.7. The number of carbonyl (C=O) groups is 1. The standard InChI is InChI=1S/C33H30Br2N2O5S/c1-4-8-25-29(32(39)41-5-2)30(24-18-23(35)15-16-27(24)40-3)37-31(38)28(43-33(37)36-25)17-21-9-6-7-10-26(21)42-19-20-11-13-22(34)14-12-20/h6-7,9-18,30H,4-5,8,19H2,1-3H3/b28-17+/t30-/m0/s1. The van der Waals surface area contributed by atoms with Crippen LogP contribution in [0.15, 0.2) is 96.7 Å². The van der Waals surface area contributed by atoms with Crippen molar-refractivity contribution in [3.8, 4) is 11.5 Å². The Labute approximate surface area is 270 Å². The Morgan fingerprint density at radius 3 is 2.49 bits per heavy atom. The lowest BCUT2D eigenvalue weighted by Crippen LogP contribution is -2.40. The van der Waals surface area contributed by atoms with Gasteiger partial charge in [-0.05, 0) is 61.4 Å². The summed E-state index contributed by atoms with van der Waals surface area (Å²) in [6.07, 6.45) is 3.14. The third-order valence-corrected chi connectivity index (χ3v) is 8.90. The first-order chi connectivity index (χ1) is 20.8. The van der Waals surface area contributed by atoms with Crippen LogP contribution in [0.4, 0.5) is 0 Å². The van der Waals surface area contributed by atoms with Crippen LogP contribution in [0.5, 0.6) is 11.5 Å². The van der Waals surface area contributed by atoms with Crippen LogP contribution in [-0.2, 0) is 16.1 Å². The number of carbonyl (C=O) groups excluding carboxylic acids is 1. The topological polar surface area (TPSA) is 79.1 Å². The first-order valence-electron chi connectivity index (χ1n) is 13.9.